The van der Waals surface area contributed by atoms with Crippen molar-refractivity contribution >= 4 is 0 Å². The Kier molecular flexibility index (Phi) is 2.69. The third kappa shape index (κ3) is 1.76. The van der Waals surface area contributed by atoms with Gasteiger partial charge in [-0.2, -0.15) is 0 Å². The van der Waals surface area contributed by atoms with Crippen molar-refractivity contribution in [3.63, 3.8) is 0 Å². The lowest BCUT2D eigenvalue weighted by Gasteiger charge is -2.06. The normalized spacial score (nSPS) is 10.0. The van der Waals surface area contributed by atoms with Crippen molar-refractivity contribution in [2.75, 3.05) is 6.61 Å². The van der Waals surface area contributed by atoms with E-state index in [1.807, 2.05) is 6.92 Å². The van der Waals surface area contributed by atoms with Crippen molar-refractivity contribution < 1.29 is 9.13 Å². The van der Waals surface area contributed by atoms with Crippen LogP contribution in [0.25, 0.3) is 0 Å². The number of hydrogen-bond acceptors (Lipinski definition) is 1. The molecule has 1 aromatic rings. The van der Waals surface area contributed by atoms with Gasteiger partial charge in [0.05, 0.1) is 6.61 Å². The molecule has 0 N–H and O–H groups in total. The first kappa shape index (κ1) is 9.04. The summed E-state index contributed by atoms with van der Waals surface area (Å²) in [4.78, 5) is 0. The number of halogens is 1. The van der Waals surface area contributed by atoms with Crippen LogP contribution in [-0.2, 0) is 0 Å². The van der Waals surface area contributed by atoms with Crippen molar-refractivity contribution in [1.82, 2.24) is 0 Å². The van der Waals surface area contributed by atoms with Crippen molar-refractivity contribution in [2.45, 2.75) is 20.8 Å². The molecule has 0 fully saturated rings. The average molecular weight is 168 g/mol. The molecule has 66 valence electrons. The van der Waals surface area contributed by atoms with Crippen molar-refractivity contribution in [1.29, 1.82) is 0 Å². The molecule has 0 aromatic heterocycles. The van der Waals surface area contributed by atoms with E-state index in [9.17, 15) is 4.39 Å². The van der Waals surface area contributed by atoms with Crippen LogP contribution in [0.1, 0.15) is 18.1 Å². The van der Waals surface area contributed by atoms with Gasteiger partial charge < -0.3 is 4.74 Å². The van der Waals surface area contributed by atoms with Gasteiger partial charge in [-0.1, -0.05) is 0 Å². The number of rotatable bonds is 2. The van der Waals surface area contributed by atoms with Crippen LogP contribution in [0.2, 0.25) is 0 Å². The van der Waals surface area contributed by atoms with Gasteiger partial charge in [0, 0.05) is 0 Å². The highest BCUT2D eigenvalue weighted by Gasteiger charge is 2.03. The quantitative estimate of drug-likeness (QED) is 0.659. The number of benzene rings is 1. The Bertz CT molecular complexity index is 258. The van der Waals surface area contributed by atoms with Gasteiger partial charge in [-0.15, -0.1) is 0 Å². The molecular formula is C10H13FO. The number of ether oxygens (including phenoxy) is 1. The maximum absolute atomic E-state index is 13.1. The highest BCUT2D eigenvalue weighted by atomic mass is 19.1. The van der Waals surface area contributed by atoms with E-state index in [4.69, 9.17) is 4.74 Å². The fourth-order valence-corrected chi connectivity index (χ4v) is 1.16. The molecule has 0 atom stereocenters. The lowest BCUT2D eigenvalue weighted by molar-refractivity contribution is 0.339. The monoisotopic (exact) mass is 168 g/mol. The maximum atomic E-state index is 13.1. The van der Waals surface area contributed by atoms with E-state index in [1.165, 1.54) is 0 Å². The summed E-state index contributed by atoms with van der Waals surface area (Å²) in [6, 6.07) is 3.43. The second kappa shape index (κ2) is 3.57. The Morgan fingerprint density at radius 3 is 2.17 bits per heavy atom. The smallest absolute Gasteiger partial charge is 0.129 e. The second-order valence-corrected chi connectivity index (χ2v) is 2.80. The van der Waals surface area contributed by atoms with Gasteiger partial charge in [0.2, 0.25) is 0 Å². The molecular weight excluding hydrogens is 155 g/mol. The minimum absolute atomic E-state index is 0.140. The first-order valence-corrected chi connectivity index (χ1v) is 4.04. The zero-order valence-corrected chi connectivity index (χ0v) is 7.65. The van der Waals surface area contributed by atoms with Crippen LogP contribution in [0.15, 0.2) is 12.1 Å². The molecule has 1 rings (SSSR count). The molecule has 1 nitrogen and oxygen atoms in total. The first-order valence-electron chi connectivity index (χ1n) is 4.04. The number of aryl methyl sites for hydroxylation is 2. The van der Waals surface area contributed by atoms with Crippen LogP contribution in [0, 0.1) is 19.7 Å². The Balaban J connectivity index is 3.04. The molecule has 0 bridgehead atoms. The van der Waals surface area contributed by atoms with E-state index >= 15 is 0 Å². The average Bonchev–Trinajstić information content (AvgIpc) is 2.01. The molecule has 0 saturated heterocycles. The molecule has 0 heterocycles. The van der Waals surface area contributed by atoms with Crippen LogP contribution < -0.4 is 4.74 Å². The molecule has 0 aliphatic rings. The Hall–Kier alpha value is -1.05. The zero-order valence-electron chi connectivity index (χ0n) is 7.65. The SMILES string of the molecule is CCOc1cc(C)c(F)c(C)c1. The van der Waals surface area contributed by atoms with E-state index in [2.05, 4.69) is 0 Å². The van der Waals surface area contributed by atoms with E-state index < -0.39 is 0 Å². The lowest BCUT2D eigenvalue weighted by Crippen LogP contribution is -1.95. The van der Waals surface area contributed by atoms with Crippen molar-refractivity contribution in [2.24, 2.45) is 0 Å². The third-order valence-electron chi connectivity index (χ3n) is 1.72. The fraction of sp³-hybridized carbons (Fsp3) is 0.400. The largest absolute Gasteiger partial charge is 0.494 e. The summed E-state index contributed by atoms with van der Waals surface area (Å²) < 4.78 is 18.4. The summed E-state index contributed by atoms with van der Waals surface area (Å²) in [5, 5.41) is 0. The summed E-state index contributed by atoms with van der Waals surface area (Å²) in [7, 11) is 0. The Labute approximate surface area is 72.2 Å². The molecule has 2 heteroatoms. The number of hydrogen-bond donors (Lipinski definition) is 0. The van der Waals surface area contributed by atoms with E-state index in [1.54, 1.807) is 26.0 Å². The molecule has 0 radical (unpaired) electrons. The highest BCUT2D eigenvalue weighted by molar-refractivity contribution is 5.34. The fourth-order valence-electron chi connectivity index (χ4n) is 1.16. The van der Waals surface area contributed by atoms with Gasteiger partial charge in [0.15, 0.2) is 0 Å². The molecule has 1 aromatic carbocycles. The Morgan fingerprint density at radius 2 is 1.75 bits per heavy atom. The first-order chi connectivity index (χ1) is 5.65. The van der Waals surface area contributed by atoms with E-state index in [-0.39, 0.29) is 5.82 Å². The van der Waals surface area contributed by atoms with E-state index in [0.717, 1.165) is 5.75 Å². The van der Waals surface area contributed by atoms with Crippen LogP contribution in [0.5, 0.6) is 5.75 Å². The van der Waals surface area contributed by atoms with Crippen molar-refractivity contribution in [3.05, 3.63) is 29.1 Å². The Morgan fingerprint density at radius 1 is 1.25 bits per heavy atom. The van der Waals surface area contributed by atoms with Crippen LogP contribution in [-0.4, -0.2) is 6.61 Å². The summed E-state index contributed by atoms with van der Waals surface area (Å²) in [5.41, 5.74) is 1.27. The zero-order chi connectivity index (χ0) is 9.14. The van der Waals surface area contributed by atoms with E-state index in [0.29, 0.717) is 17.7 Å². The predicted molar refractivity (Wildman–Crippen MR) is 47.0 cm³/mol. The minimum Gasteiger partial charge on any atom is -0.494 e. The minimum atomic E-state index is -0.140. The van der Waals surface area contributed by atoms with Gasteiger partial charge in [-0.05, 0) is 44.0 Å². The molecule has 0 aliphatic heterocycles. The summed E-state index contributed by atoms with van der Waals surface area (Å²) in [6.07, 6.45) is 0. The lowest BCUT2D eigenvalue weighted by atomic mass is 10.1. The predicted octanol–water partition coefficient (Wildman–Crippen LogP) is 2.84. The van der Waals surface area contributed by atoms with Gasteiger partial charge in [-0.3, -0.25) is 0 Å². The van der Waals surface area contributed by atoms with Crippen LogP contribution >= 0.6 is 0 Å². The molecule has 0 spiro atoms. The summed E-state index contributed by atoms with van der Waals surface area (Å²) >= 11 is 0. The second-order valence-electron chi connectivity index (χ2n) is 2.80. The molecule has 0 aliphatic carbocycles. The highest BCUT2D eigenvalue weighted by Crippen LogP contribution is 2.19. The van der Waals surface area contributed by atoms with Gasteiger partial charge in [-0.25, -0.2) is 4.39 Å². The third-order valence-corrected chi connectivity index (χ3v) is 1.72. The van der Waals surface area contributed by atoms with Crippen LogP contribution in [0.3, 0.4) is 0 Å². The van der Waals surface area contributed by atoms with Crippen LogP contribution in [0.4, 0.5) is 4.39 Å². The summed E-state index contributed by atoms with van der Waals surface area (Å²) in [5.74, 6) is 0.604. The summed E-state index contributed by atoms with van der Waals surface area (Å²) in [6.45, 7) is 6.01. The maximum Gasteiger partial charge on any atom is 0.129 e. The van der Waals surface area contributed by atoms with Gasteiger partial charge in [0.25, 0.3) is 0 Å². The van der Waals surface area contributed by atoms with Gasteiger partial charge in [0.1, 0.15) is 11.6 Å². The molecule has 12 heavy (non-hydrogen) atoms. The topological polar surface area (TPSA) is 9.23 Å². The van der Waals surface area contributed by atoms with Crippen molar-refractivity contribution in [3.8, 4) is 5.75 Å². The standard InChI is InChI=1S/C10H13FO/c1-4-12-9-5-7(2)10(11)8(3)6-9/h5-6H,4H2,1-3H3. The van der Waals surface area contributed by atoms with Gasteiger partial charge >= 0.3 is 0 Å². The molecule has 0 amide bonds. The molecule has 0 saturated carbocycles. The molecule has 0 unspecified atom stereocenters.